The first-order chi connectivity index (χ1) is 11.7. The third-order valence-corrected chi connectivity index (χ3v) is 4.66. The number of nitrogens with zero attached hydrogens (tertiary/aromatic N) is 4. The zero-order valence-corrected chi connectivity index (χ0v) is 14.5. The fourth-order valence-electron chi connectivity index (χ4n) is 2.39. The van der Waals surface area contributed by atoms with Crippen LogP contribution in [0.1, 0.15) is 37.2 Å². The minimum Gasteiger partial charge on any atom is -0.440 e. The first-order valence-corrected chi connectivity index (χ1v) is 8.81. The summed E-state index contributed by atoms with van der Waals surface area (Å²) >= 11 is 1.53. The number of oxazole rings is 1. The van der Waals surface area contributed by atoms with Crippen LogP contribution in [0.5, 0.6) is 0 Å². The van der Waals surface area contributed by atoms with Crippen molar-refractivity contribution in [3.8, 4) is 11.3 Å². The van der Waals surface area contributed by atoms with Gasteiger partial charge in [-0.3, -0.25) is 0 Å². The van der Waals surface area contributed by atoms with Crippen molar-refractivity contribution in [2.75, 3.05) is 0 Å². The Bertz CT molecular complexity index is 785. The molecule has 1 aromatic carbocycles. The first kappa shape index (κ1) is 16.7. The molecule has 7 heteroatoms. The van der Waals surface area contributed by atoms with E-state index in [4.69, 9.17) is 4.42 Å². The van der Waals surface area contributed by atoms with E-state index in [1.807, 2.05) is 41.8 Å². The van der Waals surface area contributed by atoms with E-state index in [2.05, 4.69) is 22.1 Å². The summed E-state index contributed by atoms with van der Waals surface area (Å²) in [6.45, 7) is 4.77. The Kier molecular flexibility index (Phi) is 5.32. The third-order valence-electron chi connectivity index (χ3n) is 3.59. The number of thioether (sulfide) groups is 1. The van der Waals surface area contributed by atoms with Crippen LogP contribution in [-0.4, -0.2) is 24.9 Å². The van der Waals surface area contributed by atoms with Crippen molar-refractivity contribution < 1.29 is 9.52 Å². The first-order valence-electron chi connectivity index (χ1n) is 7.93. The maximum Gasteiger partial charge on any atom is 0.208 e. The summed E-state index contributed by atoms with van der Waals surface area (Å²) in [6.07, 6.45) is 2.70. The van der Waals surface area contributed by atoms with Gasteiger partial charge in [-0.1, -0.05) is 49.0 Å². The molecule has 0 radical (unpaired) electrons. The molecular formula is C17H20N4O2S. The molecule has 3 aromatic rings. The van der Waals surface area contributed by atoms with Crippen molar-refractivity contribution in [2.24, 2.45) is 0 Å². The Morgan fingerprint density at radius 3 is 2.75 bits per heavy atom. The normalized spacial score (nSPS) is 12.5. The SMILES string of the molecule is CCCn1c(CO)nnc1SC(C)c1ncc(-c2ccccc2)o1. The molecule has 24 heavy (non-hydrogen) atoms. The molecule has 0 bridgehead atoms. The Hall–Kier alpha value is -2.12. The van der Waals surface area contributed by atoms with Gasteiger partial charge in [0.1, 0.15) is 6.61 Å². The largest absolute Gasteiger partial charge is 0.440 e. The number of aliphatic hydroxyl groups is 1. The maximum atomic E-state index is 9.38. The molecule has 0 amide bonds. The summed E-state index contributed by atoms with van der Waals surface area (Å²) in [5.41, 5.74) is 1.00. The number of benzene rings is 1. The van der Waals surface area contributed by atoms with Crippen LogP contribution >= 0.6 is 11.8 Å². The fourth-order valence-corrected chi connectivity index (χ4v) is 3.33. The summed E-state index contributed by atoms with van der Waals surface area (Å²) < 4.78 is 7.84. The molecule has 6 nitrogen and oxygen atoms in total. The lowest BCUT2D eigenvalue weighted by Crippen LogP contribution is -2.05. The number of hydrogen-bond donors (Lipinski definition) is 1. The molecule has 0 fully saturated rings. The molecule has 1 unspecified atom stereocenters. The highest BCUT2D eigenvalue weighted by Crippen LogP contribution is 2.35. The number of rotatable bonds is 7. The van der Waals surface area contributed by atoms with Crippen molar-refractivity contribution in [1.29, 1.82) is 0 Å². The second kappa shape index (κ2) is 7.63. The quantitative estimate of drug-likeness (QED) is 0.659. The molecule has 2 heterocycles. The second-order valence-electron chi connectivity index (χ2n) is 5.40. The average Bonchev–Trinajstić information content (AvgIpc) is 3.24. The minimum absolute atomic E-state index is 0.00573. The highest BCUT2D eigenvalue weighted by molar-refractivity contribution is 7.99. The van der Waals surface area contributed by atoms with Gasteiger partial charge in [0.25, 0.3) is 0 Å². The molecule has 1 atom stereocenters. The molecule has 0 spiro atoms. The topological polar surface area (TPSA) is 77.0 Å². The molecule has 0 aliphatic carbocycles. The van der Waals surface area contributed by atoms with Gasteiger partial charge in [-0.15, -0.1) is 10.2 Å². The van der Waals surface area contributed by atoms with Crippen LogP contribution in [0, 0.1) is 0 Å². The van der Waals surface area contributed by atoms with Gasteiger partial charge in [0.2, 0.25) is 5.89 Å². The predicted molar refractivity (Wildman–Crippen MR) is 92.4 cm³/mol. The monoisotopic (exact) mass is 344 g/mol. The van der Waals surface area contributed by atoms with Crippen molar-refractivity contribution in [3.63, 3.8) is 0 Å². The van der Waals surface area contributed by atoms with E-state index in [1.54, 1.807) is 6.20 Å². The molecular weight excluding hydrogens is 324 g/mol. The van der Waals surface area contributed by atoms with E-state index in [9.17, 15) is 5.11 Å². The van der Waals surface area contributed by atoms with Crippen LogP contribution in [0.2, 0.25) is 0 Å². The van der Waals surface area contributed by atoms with Gasteiger partial charge in [0, 0.05) is 12.1 Å². The van der Waals surface area contributed by atoms with Crippen LogP contribution in [0.4, 0.5) is 0 Å². The Morgan fingerprint density at radius 1 is 1.25 bits per heavy atom. The van der Waals surface area contributed by atoms with Crippen LogP contribution in [0.15, 0.2) is 46.1 Å². The van der Waals surface area contributed by atoms with Crippen molar-refractivity contribution in [3.05, 3.63) is 48.2 Å². The lowest BCUT2D eigenvalue weighted by molar-refractivity contribution is 0.263. The average molecular weight is 344 g/mol. The van der Waals surface area contributed by atoms with Crippen molar-refractivity contribution in [2.45, 2.75) is 43.8 Å². The van der Waals surface area contributed by atoms with Gasteiger partial charge in [0.05, 0.1) is 11.4 Å². The van der Waals surface area contributed by atoms with Gasteiger partial charge in [-0.25, -0.2) is 4.98 Å². The van der Waals surface area contributed by atoms with Crippen molar-refractivity contribution >= 4 is 11.8 Å². The Morgan fingerprint density at radius 2 is 2.04 bits per heavy atom. The van der Waals surface area contributed by atoms with Gasteiger partial charge >= 0.3 is 0 Å². The molecule has 1 N–H and O–H groups in total. The standard InChI is InChI=1S/C17H20N4O2S/c1-3-9-21-15(11-22)19-20-17(21)24-12(2)16-18-10-14(23-16)13-7-5-4-6-8-13/h4-8,10,12,22H,3,9,11H2,1-2H3. The summed E-state index contributed by atoms with van der Waals surface area (Å²) in [5, 5.41) is 18.4. The van der Waals surface area contributed by atoms with Gasteiger partial charge in [-0.2, -0.15) is 0 Å². The number of aliphatic hydroxyl groups excluding tert-OH is 1. The summed E-state index contributed by atoms with van der Waals surface area (Å²) in [4.78, 5) is 4.40. The molecule has 2 aromatic heterocycles. The minimum atomic E-state index is -0.112. The van der Waals surface area contributed by atoms with Gasteiger partial charge < -0.3 is 14.1 Å². The molecule has 0 saturated carbocycles. The molecule has 0 aliphatic rings. The highest BCUT2D eigenvalue weighted by atomic mass is 32.2. The lowest BCUT2D eigenvalue weighted by Gasteiger charge is -2.10. The lowest BCUT2D eigenvalue weighted by atomic mass is 10.2. The van der Waals surface area contributed by atoms with Crippen LogP contribution in [0.25, 0.3) is 11.3 Å². The number of aromatic nitrogens is 4. The Labute approximate surface area is 144 Å². The van der Waals surface area contributed by atoms with E-state index in [0.717, 1.165) is 29.4 Å². The fraction of sp³-hybridized carbons (Fsp3) is 0.353. The van der Waals surface area contributed by atoms with Crippen molar-refractivity contribution in [1.82, 2.24) is 19.7 Å². The van der Waals surface area contributed by atoms with Crippen LogP contribution in [0.3, 0.4) is 0 Å². The summed E-state index contributed by atoms with van der Waals surface area (Å²) in [7, 11) is 0. The molecule has 3 rings (SSSR count). The molecule has 126 valence electrons. The van der Waals surface area contributed by atoms with E-state index >= 15 is 0 Å². The zero-order valence-electron chi connectivity index (χ0n) is 13.7. The zero-order chi connectivity index (χ0) is 16.9. The molecule has 0 saturated heterocycles. The Balaban J connectivity index is 1.77. The van der Waals surface area contributed by atoms with Gasteiger partial charge in [-0.05, 0) is 13.3 Å². The second-order valence-corrected chi connectivity index (χ2v) is 6.71. The maximum absolute atomic E-state index is 9.38. The highest BCUT2D eigenvalue weighted by Gasteiger charge is 2.19. The summed E-state index contributed by atoms with van der Waals surface area (Å²) in [6, 6.07) is 9.90. The molecule has 0 aliphatic heterocycles. The van der Waals surface area contributed by atoms with Crippen LogP contribution in [-0.2, 0) is 13.2 Å². The third kappa shape index (κ3) is 3.52. The summed E-state index contributed by atoms with van der Waals surface area (Å²) in [5.74, 6) is 1.99. The number of hydrogen-bond acceptors (Lipinski definition) is 6. The van der Waals surface area contributed by atoms with E-state index in [1.165, 1.54) is 11.8 Å². The van der Waals surface area contributed by atoms with Gasteiger partial charge in [0.15, 0.2) is 16.7 Å². The predicted octanol–water partition coefficient (Wildman–Crippen LogP) is 3.69. The van der Waals surface area contributed by atoms with Crippen LogP contribution < -0.4 is 0 Å². The smallest absolute Gasteiger partial charge is 0.208 e. The van der Waals surface area contributed by atoms with E-state index < -0.39 is 0 Å². The van der Waals surface area contributed by atoms with E-state index in [-0.39, 0.29) is 11.9 Å². The van der Waals surface area contributed by atoms with E-state index in [0.29, 0.717) is 11.7 Å².